The number of hydrogen-bond acceptors (Lipinski definition) is 1. The monoisotopic (exact) mass is 181 g/mol. The summed E-state index contributed by atoms with van der Waals surface area (Å²) in [7, 11) is 0. The van der Waals surface area contributed by atoms with E-state index >= 15 is 0 Å². The maximum atomic E-state index is 3.23. The van der Waals surface area contributed by atoms with Crippen LogP contribution in [0.4, 0.5) is 0 Å². The summed E-state index contributed by atoms with van der Waals surface area (Å²) in [4.78, 5) is 2.34. The number of unbranched alkanes of at least 4 members (excludes halogenated alkanes) is 3. The van der Waals surface area contributed by atoms with Crippen molar-refractivity contribution in [3.8, 4) is 11.8 Å². The average molecular weight is 181 g/mol. The molecule has 0 aromatic carbocycles. The van der Waals surface area contributed by atoms with E-state index in [4.69, 9.17) is 0 Å². The highest BCUT2D eigenvalue weighted by Gasteiger charge is 1.92. The Labute approximate surface area is 83.5 Å². The maximum absolute atomic E-state index is 3.23. The molecule has 0 aromatic rings. The predicted octanol–water partition coefficient (Wildman–Crippen LogP) is 2.91. The fourth-order valence-corrected chi connectivity index (χ4v) is 1.17. The molecule has 76 valence electrons. The highest BCUT2D eigenvalue weighted by molar-refractivity contribution is 5.00. The van der Waals surface area contributed by atoms with Crippen molar-refractivity contribution in [3.05, 3.63) is 0 Å². The topological polar surface area (TPSA) is 3.24 Å². The quantitative estimate of drug-likeness (QED) is 0.450. The van der Waals surface area contributed by atoms with Crippen LogP contribution in [0.2, 0.25) is 0 Å². The second-order valence-corrected chi connectivity index (χ2v) is 3.27. The van der Waals surface area contributed by atoms with Crippen molar-refractivity contribution in [1.82, 2.24) is 4.90 Å². The first-order valence-electron chi connectivity index (χ1n) is 5.53. The third-order valence-electron chi connectivity index (χ3n) is 2.23. The first-order valence-corrected chi connectivity index (χ1v) is 5.53. The fraction of sp³-hybridized carbons (Fsp3) is 0.833. The number of hydrogen-bond donors (Lipinski definition) is 0. The Morgan fingerprint density at radius 3 is 2.15 bits per heavy atom. The molecule has 0 heterocycles. The minimum absolute atomic E-state index is 0.944. The van der Waals surface area contributed by atoms with Crippen molar-refractivity contribution in [2.24, 2.45) is 0 Å². The van der Waals surface area contributed by atoms with E-state index in [2.05, 4.69) is 37.5 Å². The molecule has 0 radical (unpaired) electrons. The summed E-state index contributed by atoms with van der Waals surface area (Å²) in [6, 6.07) is 0. The smallest absolute Gasteiger partial charge is 0.0601 e. The molecule has 0 aliphatic heterocycles. The van der Waals surface area contributed by atoms with Gasteiger partial charge in [0, 0.05) is 6.42 Å². The van der Waals surface area contributed by atoms with Crippen LogP contribution in [0.5, 0.6) is 0 Å². The zero-order chi connectivity index (χ0) is 9.94. The van der Waals surface area contributed by atoms with Gasteiger partial charge in [0.25, 0.3) is 0 Å². The van der Waals surface area contributed by atoms with Gasteiger partial charge in [-0.2, -0.15) is 0 Å². The third-order valence-corrected chi connectivity index (χ3v) is 2.23. The van der Waals surface area contributed by atoms with Crippen LogP contribution in [0, 0.1) is 11.8 Å². The number of rotatable bonds is 6. The largest absolute Gasteiger partial charge is 0.293 e. The fourth-order valence-electron chi connectivity index (χ4n) is 1.17. The van der Waals surface area contributed by atoms with E-state index in [1.54, 1.807) is 0 Å². The average Bonchev–Trinajstić information content (AvgIpc) is 2.17. The summed E-state index contributed by atoms with van der Waals surface area (Å²) in [6.07, 6.45) is 4.95. The van der Waals surface area contributed by atoms with Crippen molar-refractivity contribution >= 4 is 0 Å². The van der Waals surface area contributed by atoms with Gasteiger partial charge in [-0.05, 0) is 19.5 Å². The lowest BCUT2D eigenvalue weighted by atomic mass is 10.2. The van der Waals surface area contributed by atoms with Gasteiger partial charge in [0.15, 0.2) is 0 Å². The molecule has 0 saturated carbocycles. The molecule has 0 fully saturated rings. The van der Waals surface area contributed by atoms with Gasteiger partial charge < -0.3 is 0 Å². The van der Waals surface area contributed by atoms with E-state index in [-0.39, 0.29) is 0 Å². The zero-order valence-electron chi connectivity index (χ0n) is 9.40. The van der Waals surface area contributed by atoms with Gasteiger partial charge in [-0.15, -0.1) is 5.92 Å². The van der Waals surface area contributed by atoms with Crippen molar-refractivity contribution in [3.63, 3.8) is 0 Å². The Balaban J connectivity index is 3.37. The standard InChI is InChI=1S/C12H23N/c1-4-7-8-9-10-11-12-13(5-2)6-3/h4-9,12H2,1-3H3. The van der Waals surface area contributed by atoms with Gasteiger partial charge in [0.2, 0.25) is 0 Å². The maximum Gasteiger partial charge on any atom is 0.0601 e. The van der Waals surface area contributed by atoms with Crippen LogP contribution >= 0.6 is 0 Å². The summed E-state index contributed by atoms with van der Waals surface area (Å²) < 4.78 is 0. The molecule has 13 heavy (non-hydrogen) atoms. The van der Waals surface area contributed by atoms with Crippen molar-refractivity contribution < 1.29 is 0 Å². The molecule has 0 spiro atoms. The van der Waals surface area contributed by atoms with E-state index in [9.17, 15) is 0 Å². The van der Waals surface area contributed by atoms with Crippen LogP contribution in [0.3, 0.4) is 0 Å². The predicted molar refractivity (Wildman–Crippen MR) is 59.7 cm³/mol. The van der Waals surface area contributed by atoms with E-state index in [0.717, 1.165) is 26.1 Å². The summed E-state index contributed by atoms with van der Waals surface area (Å²) >= 11 is 0. The van der Waals surface area contributed by atoms with Crippen LogP contribution in [0.1, 0.15) is 46.5 Å². The molecule has 0 saturated heterocycles. The van der Waals surface area contributed by atoms with Gasteiger partial charge in [-0.1, -0.05) is 39.5 Å². The lowest BCUT2D eigenvalue weighted by molar-refractivity contribution is 0.342. The lowest BCUT2D eigenvalue weighted by Gasteiger charge is -2.13. The normalized spacial score (nSPS) is 9.85. The summed E-state index contributed by atoms with van der Waals surface area (Å²) in [6.45, 7) is 9.76. The summed E-state index contributed by atoms with van der Waals surface area (Å²) in [5.41, 5.74) is 0. The van der Waals surface area contributed by atoms with Crippen molar-refractivity contribution in [1.29, 1.82) is 0 Å². The first kappa shape index (κ1) is 12.5. The summed E-state index contributed by atoms with van der Waals surface area (Å²) in [5.74, 6) is 6.45. The number of nitrogens with zero attached hydrogens (tertiary/aromatic N) is 1. The van der Waals surface area contributed by atoms with E-state index in [0.29, 0.717) is 0 Å². The highest BCUT2D eigenvalue weighted by Crippen LogP contribution is 1.96. The molecule has 0 aliphatic carbocycles. The Morgan fingerprint density at radius 1 is 0.923 bits per heavy atom. The molecular formula is C12H23N. The van der Waals surface area contributed by atoms with Gasteiger partial charge in [0.1, 0.15) is 0 Å². The van der Waals surface area contributed by atoms with Gasteiger partial charge in [-0.25, -0.2) is 0 Å². The van der Waals surface area contributed by atoms with Crippen molar-refractivity contribution in [2.45, 2.75) is 46.5 Å². The Hall–Kier alpha value is -0.480. The molecule has 0 unspecified atom stereocenters. The molecule has 0 aliphatic rings. The molecule has 0 bridgehead atoms. The van der Waals surface area contributed by atoms with Crippen LogP contribution in [-0.2, 0) is 0 Å². The Morgan fingerprint density at radius 2 is 1.62 bits per heavy atom. The van der Waals surface area contributed by atoms with E-state index in [1.807, 2.05) is 0 Å². The Kier molecular flexibility index (Phi) is 9.25. The van der Waals surface area contributed by atoms with Crippen LogP contribution in [-0.4, -0.2) is 24.5 Å². The molecule has 0 amide bonds. The lowest BCUT2D eigenvalue weighted by Crippen LogP contribution is -2.22. The molecule has 0 atom stereocenters. The molecule has 0 aromatic heterocycles. The van der Waals surface area contributed by atoms with Crippen LogP contribution < -0.4 is 0 Å². The minimum atomic E-state index is 0.944. The van der Waals surface area contributed by atoms with Crippen molar-refractivity contribution in [2.75, 3.05) is 19.6 Å². The highest BCUT2D eigenvalue weighted by atomic mass is 15.1. The van der Waals surface area contributed by atoms with Crippen LogP contribution in [0.15, 0.2) is 0 Å². The SMILES string of the molecule is CCCCCC#CCN(CC)CC. The van der Waals surface area contributed by atoms with E-state index < -0.39 is 0 Å². The molecule has 0 N–H and O–H groups in total. The molecule has 1 nitrogen and oxygen atoms in total. The second kappa shape index (κ2) is 9.61. The van der Waals surface area contributed by atoms with Gasteiger partial charge >= 0.3 is 0 Å². The minimum Gasteiger partial charge on any atom is -0.293 e. The summed E-state index contributed by atoms with van der Waals surface area (Å²) in [5, 5.41) is 0. The van der Waals surface area contributed by atoms with Gasteiger partial charge in [0.05, 0.1) is 6.54 Å². The molecular weight excluding hydrogens is 158 g/mol. The Bertz CT molecular complexity index is 148. The third kappa shape index (κ3) is 7.87. The zero-order valence-corrected chi connectivity index (χ0v) is 9.40. The molecule has 0 rings (SSSR count). The van der Waals surface area contributed by atoms with E-state index in [1.165, 1.54) is 19.3 Å². The molecule has 1 heteroatoms. The van der Waals surface area contributed by atoms with Crippen LogP contribution in [0.25, 0.3) is 0 Å². The first-order chi connectivity index (χ1) is 6.35. The second-order valence-electron chi connectivity index (χ2n) is 3.27. The van der Waals surface area contributed by atoms with Gasteiger partial charge in [-0.3, -0.25) is 4.90 Å².